The summed E-state index contributed by atoms with van der Waals surface area (Å²) < 4.78 is 99.5. The van der Waals surface area contributed by atoms with Gasteiger partial charge in [-0.15, -0.1) is 0 Å². The number of hydrogen-bond acceptors (Lipinski definition) is 8. The maximum atomic E-state index is 14.2. The van der Waals surface area contributed by atoms with E-state index in [9.17, 15) is 39.6 Å². The van der Waals surface area contributed by atoms with Crippen molar-refractivity contribution >= 4 is 31.8 Å². The number of carbonyl (C=O) groups is 2. The third-order valence-electron chi connectivity index (χ3n) is 8.94. The molecule has 2 aliphatic heterocycles. The highest BCUT2D eigenvalue weighted by Crippen LogP contribution is 2.40. The van der Waals surface area contributed by atoms with Crippen molar-refractivity contribution in [2.24, 2.45) is 11.7 Å². The van der Waals surface area contributed by atoms with Crippen molar-refractivity contribution in [2.75, 3.05) is 18.8 Å². The van der Waals surface area contributed by atoms with Crippen LogP contribution in [0.5, 0.6) is 0 Å². The van der Waals surface area contributed by atoms with Crippen LogP contribution in [0, 0.1) is 30.3 Å². The molecule has 15 heteroatoms. The molecule has 10 nitrogen and oxygen atoms in total. The minimum Gasteiger partial charge on any atom is -0.340 e. The molecule has 0 aromatic heterocycles. The molecule has 2 aromatic rings. The van der Waals surface area contributed by atoms with Gasteiger partial charge in [-0.25, -0.2) is 25.8 Å². The third-order valence-corrected chi connectivity index (χ3v) is 12.1. The molecule has 2 fully saturated rings. The quantitative estimate of drug-likeness (QED) is 0.249. The van der Waals surface area contributed by atoms with E-state index in [1.807, 2.05) is 0 Å². The molecule has 0 saturated carbocycles. The first-order chi connectivity index (χ1) is 21.6. The van der Waals surface area contributed by atoms with Crippen LogP contribution in [0.3, 0.4) is 0 Å². The zero-order chi connectivity index (χ0) is 34.0. The number of carbonyl (C=O) groups excluding carboxylic acids is 2. The lowest BCUT2D eigenvalue weighted by molar-refractivity contribution is -0.136. The Bertz CT molecular complexity index is 1640. The summed E-state index contributed by atoms with van der Waals surface area (Å²) >= 11 is 0. The van der Waals surface area contributed by atoms with Crippen LogP contribution >= 0.6 is 0 Å². The Morgan fingerprint density at radius 3 is 2.09 bits per heavy atom. The van der Waals surface area contributed by atoms with Gasteiger partial charge in [0.25, 0.3) is 21.5 Å². The second kappa shape index (κ2) is 14.4. The number of rotatable bonds is 13. The minimum absolute atomic E-state index is 0.0211. The summed E-state index contributed by atoms with van der Waals surface area (Å²) in [5, 5.41) is 0. The summed E-state index contributed by atoms with van der Waals surface area (Å²) in [6, 6.07) is 5.70. The van der Waals surface area contributed by atoms with Gasteiger partial charge in [0.2, 0.25) is 5.91 Å². The Balaban J connectivity index is 1.45. The van der Waals surface area contributed by atoms with Crippen LogP contribution in [-0.2, 0) is 40.1 Å². The first-order valence-corrected chi connectivity index (χ1v) is 18.4. The van der Waals surface area contributed by atoms with Gasteiger partial charge in [0.05, 0.1) is 10.6 Å². The molecular weight excluding hydrogens is 647 g/mol. The average molecular weight is 688 g/mol. The van der Waals surface area contributed by atoms with Crippen LogP contribution in [0.25, 0.3) is 0 Å². The lowest BCUT2D eigenvalue weighted by Crippen LogP contribution is -2.51. The monoisotopic (exact) mass is 687 g/mol. The normalized spacial score (nSPS) is 21.2. The number of piperidine rings is 1. The van der Waals surface area contributed by atoms with E-state index in [1.54, 1.807) is 25.7 Å². The Morgan fingerprint density at radius 1 is 0.957 bits per heavy atom. The summed E-state index contributed by atoms with van der Waals surface area (Å²) in [5.74, 6) is -5.82. The second-order valence-corrected chi connectivity index (χ2v) is 15.7. The number of likely N-dealkylation sites (N-methyl/N-ethyl adjacent to an activating group) is 1. The zero-order valence-electron chi connectivity index (χ0n) is 26.0. The molecule has 2 bridgehead atoms. The molecule has 0 spiro atoms. The highest BCUT2D eigenvalue weighted by atomic mass is 32.2. The van der Waals surface area contributed by atoms with Gasteiger partial charge in [-0.1, -0.05) is 17.7 Å². The standard InChI is InChI=1S/C31H40F3N3O7S2/c1-4-36(5-2)30(39)31(44-46(42,43)24-10-6-19(3)7-11-24)45(40,41)13-12-29(38)37-22-8-9-23(37)15-21(14-22)28(35)17-20-16-26(33)27(34)18-25(20)32/h6-7,10-11,16,18,21-23,28,31H,4-5,8-9,12-15,17,35H2,1-3H3/t21-,22+,23-,28-,31?/m1/s1. The van der Waals surface area contributed by atoms with Crippen LogP contribution in [0.4, 0.5) is 13.2 Å². The van der Waals surface area contributed by atoms with Gasteiger partial charge < -0.3 is 15.5 Å². The van der Waals surface area contributed by atoms with Gasteiger partial charge in [-0.2, -0.15) is 8.42 Å². The predicted molar refractivity (Wildman–Crippen MR) is 164 cm³/mol. The van der Waals surface area contributed by atoms with Crippen molar-refractivity contribution in [3.05, 3.63) is 65.0 Å². The lowest BCUT2D eigenvalue weighted by Gasteiger charge is -2.41. The Hall–Kier alpha value is -3.01. The molecule has 2 heterocycles. The van der Waals surface area contributed by atoms with Gasteiger partial charge >= 0.3 is 0 Å². The summed E-state index contributed by atoms with van der Waals surface area (Å²) in [7, 11) is -9.27. The summed E-state index contributed by atoms with van der Waals surface area (Å²) in [6.45, 7) is 5.19. The number of benzene rings is 2. The fraction of sp³-hybridized carbons (Fsp3) is 0.548. The largest absolute Gasteiger partial charge is 0.340 e. The molecule has 2 aliphatic rings. The minimum atomic E-state index is -4.66. The Morgan fingerprint density at radius 2 is 1.52 bits per heavy atom. The molecule has 46 heavy (non-hydrogen) atoms. The second-order valence-electron chi connectivity index (χ2n) is 12.0. The van der Waals surface area contributed by atoms with Crippen molar-refractivity contribution in [3.63, 3.8) is 0 Å². The van der Waals surface area contributed by atoms with Gasteiger partial charge in [-0.05, 0) is 82.6 Å². The van der Waals surface area contributed by atoms with Crippen molar-refractivity contribution in [1.82, 2.24) is 9.80 Å². The number of nitrogens with zero attached hydrogens (tertiary/aromatic N) is 2. The molecule has 2 aromatic carbocycles. The maximum Gasteiger partial charge on any atom is 0.298 e. The zero-order valence-corrected chi connectivity index (χ0v) is 27.6. The number of nitrogens with two attached hydrogens (primary N) is 1. The summed E-state index contributed by atoms with van der Waals surface area (Å²) in [6.07, 6.45) is 1.69. The van der Waals surface area contributed by atoms with E-state index >= 15 is 0 Å². The first-order valence-electron chi connectivity index (χ1n) is 15.3. The molecule has 5 atom stereocenters. The fourth-order valence-electron chi connectivity index (χ4n) is 6.40. The number of halogens is 3. The predicted octanol–water partition coefficient (Wildman–Crippen LogP) is 3.46. The molecule has 2 saturated heterocycles. The molecule has 4 rings (SSSR count). The number of fused-ring (bicyclic) bond motifs is 2. The van der Waals surface area contributed by atoms with Crippen LogP contribution in [0.1, 0.15) is 57.1 Å². The van der Waals surface area contributed by atoms with E-state index in [-0.39, 0.29) is 48.0 Å². The molecule has 0 aliphatic carbocycles. The Labute approximate surface area is 268 Å². The van der Waals surface area contributed by atoms with Gasteiger partial charge in [-0.3, -0.25) is 9.59 Å². The summed E-state index contributed by atoms with van der Waals surface area (Å²) in [5.41, 5.74) is 4.72. The van der Waals surface area contributed by atoms with Gasteiger partial charge in [0.1, 0.15) is 5.82 Å². The molecule has 1 unspecified atom stereocenters. The number of hydrogen-bond donors (Lipinski definition) is 1. The molecule has 0 radical (unpaired) electrons. The molecule has 2 N–H and O–H groups in total. The number of amides is 2. The molecular formula is C31H40F3N3O7S2. The first kappa shape index (κ1) is 35.8. The van der Waals surface area contributed by atoms with Crippen LogP contribution < -0.4 is 5.73 Å². The van der Waals surface area contributed by atoms with Gasteiger partial charge in [0.15, 0.2) is 21.5 Å². The van der Waals surface area contributed by atoms with Gasteiger partial charge in [0, 0.05) is 43.7 Å². The van der Waals surface area contributed by atoms with E-state index < -0.39 is 72.9 Å². The van der Waals surface area contributed by atoms with Crippen molar-refractivity contribution < 1.29 is 43.8 Å². The highest BCUT2D eigenvalue weighted by molar-refractivity contribution is 7.93. The lowest BCUT2D eigenvalue weighted by atomic mass is 9.82. The Kier molecular flexibility index (Phi) is 11.2. The SMILES string of the molecule is CCN(CC)C(=O)C(OS(=O)(=O)c1ccc(C)cc1)S(=O)(=O)CCC(=O)N1[C@@H]2CC[C@H]1C[C@@H]([C@H](N)Cc1cc(F)c(F)cc1F)C2. The van der Waals surface area contributed by atoms with Crippen LogP contribution in [0.15, 0.2) is 41.3 Å². The maximum absolute atomic E-state index is 14.2. The topological polar surface area (TPSA) is 144 Å². The van der Waals surface area contributed by atoms with Crippen LogP contribution in [-0.4, -0.2) is 80.9 Å². The van der Waals surface area contributed by atoms with Crippen LogP contribution in [0.2, 0.25) is 0 Å². The van der Waals surface area contributed by atoms with E-state index in [2.05, 4.69) is 0 Å². The highest BCUT2D eigenvalue weighted by Gasteiger charge is 2.46. The third kappa shape index (κ3) is 7.92. The van der Waals surface area contributed by atoms with Crippen molar-refractivity contribution in [3.8, 4) is 0 Å². The van der Waals surface area contributed by atoms with Crippen molar-refractivity contribution in [2.45, 2.75) is 87.8 Å². The van der Waals surface area contributed by atoms with E-state index in [4.69, 9.17) is 9.92 Å². The smallest absolute Gasteiger partial charge is 0.298 e. The fourth-order valence-corrected chi connectivity index (χ4v) is 9.21. The molecule has 254 valence electrons. The number of aryl methyl sites for hydroxylation is 1. The van der Waals surface area contributed by atoms with E-state index in [0.717, 1.165) is 16.5 Å². The molecule has 2 amide bonds. The van der Waals surface area contributed by atoms with Crippen molar-refractivity contribution in [1.29, 1.82) is 0 Å². The van der Waals surface area contributed by atoms with E-state index in [1.165, 1.54) is 24.3 Å². The van der Waals surface area contributed by atoms with E-state index in [0.29, 0.717) is 31.7 Å². The average Bonchev–Trinajstić information content (AvgIpc) is 3.26. The number of sulfone groups is 1. The summed E-state index contributed by atoms with van der Waals surface area (Å²) in [4.78, 5) is 29.1.